The Kier molecular flexibility index (Phi) is 32.7. The lowest BCUT2D eigenvalue weighted by Crippen LogP contribution is -2.26. The number of rotatable bonds is 38. The summed E-state index contributed by atoms with van der Waals surface area (Å²) in [6.07, 6.45) is 20.7. The summed E-state index contributed by atoms with van der Waals surface area (Å²) in [5, 5.41) is 14.4. The van der Waals surface area contributed by atoms with E-state index < -0.39 is 0 Å². The van der Waals surface area contributed by atoms with Crippen LogP contribution in [0.3, 0.4) is 0 Å². The average molecular weight is 703 g/mol. The molecule has 0 spiro atoms. The Bertz CT molecular complexity index is 647. The van der Waals surface area contributed by atoms with Crippen molar-refractivity contribution in [1.82, 2.24) is 30.7 Å². The van der Waals surface area contributed by atoms with Crippen molar-refractivity contribution < 1.29 is 0 Å². The standard InChI is InChI=1S/C39H86N6S2/c1-9-11-12-21-38(5,6)36-39(7,8)22-15-34-46-44-32-18-30-42-28-16-26-40-24-13-14-25-41-27-17-29-43-31-19-33-45-47-35-23-37(3,4)20-10-2/h40-45H,9-36H2,1-8H3. The van der Waals surface area contributed by atoms with Crippen molar-refractivity contribution >= 4 is 23.9 Å². The Morgan fingerprint density at radius 2 is 0.787 bits per heavy atom. The van der Waals surface area contributed by atoms with Crippen LogP contribution in [0.5, 0.6) is 0 Å². The van der Waals surface area contributed by atoms with Crippen LogP contribution < -0.4 is 30.7 Å². The van der Waals surface area contributed by atoms with E-state index in [-0.39, 0.29) is 0 Å². The number of hydrogen-bond acceptors (Lipinski definition) is 8. The van der Waals surface area contributed by atoms with Crippen molar-refractivity contribution in [3.63, 3.8) is 0 Å². The van der Waals surface area contributed by atoms with Gasteiger partial charge in [0.05, 0.1) is 0 Å². The summed E-state index contributed by atoms with van der Waals surface area (Å²) in [6, 6.07) is 0. The molecule has 0 atom stereocenters. The minimum absolute atomic E-state index is 0.451. The molecule has 0 radical (unpaired) electrons. The number of nitrogens with one attached hydrogen (secondary N) is 6. The maximum atomic E-state index is 3.61. The normalized spacial score (nSPS) is 12.8. The van der Waals surface area contributed by atoms with Gasteiger partial charge in [0.2, 0.25) is 0 Å². The molecule has 0 aliphatic rings. The molecular weight excluding hydrogens is 617 g/mol. The van der Waals surface area contributed by atoms with Crippen LogP contribution in [0, 0.1) is 16.2 Å². The maximum absolute atomic E-state index is 3.61. The van der Waals surface area contributed by atoms with Gasteiger partial charge in [0.25, 0.3) is 0 Å². The van der Waals surface area contributed by atoms with Gasteiger partial charge in [-0.2, -0.15) is 0 Å². The fraction of sp³-hybridized carbons (Fsp3) is 1.00. The Hall–Kier alpha value is 0.460. The maximum Gasteiger partial charge on any atom is 0.00837 e. The van der Waals surface area contributed by atoms with E-state index in [1.165, 1.54) is 114 Å². The quantitative estimate of drug-likeness (QED) is 0.0281. The minimum Gasteiger partial charge on any atom is -0.317 e. The predicted octanol–water partition coefficient (Wildman–Crippen LogP) is 9.18. The van der Waals surface area contributed by atoms with Crippen LogP contribution >= 0.6 is 23.9 Å². The van der Waals surface area contributed by atoms with Crippen molar-refractivity contribution in [1.29, 1.82) is 0 Å². The Labute approximate surface area is 304 Å². The van der Waals surface area contributed by atoms with Gasteiger partial charge >= 0.3 is 0 Å². The summed E-state index contributed by atoms with van der Waals surface area (Å²) < 4.78 is 7.11. The molecule has 0 aromatic heterocycles. The lowest BCUT2D eigenvalue weighted by Gasteiger charge is -2.35. The average Bonchev–Trinajstić information content (AvgIpc) is 2.99. The lowest BCUT2D eigenvalue weighted by molar-refractivity contribution is 0.167. The molecule has 284 valence electrons. The Morgan fingerprint density at radius 3 is 1.26 bits per heavy atom. The fourth-order valence-electron chi connectivity index (χ4n) is 6.61. The summed E-state index contributed by atoms with van der Waals surface area (Å²) in [4.78, 5) is 0. The monoisotopic (exact) mass is 703 g/mol. The third-order valence-corrected chi connectivity index (χ3v) is 10.9. The van der Waals surface area contributed by atoms with E-state index >= 15 is 0 Å². The van der Waals surface area contributed by atoms with Gasteiger partial charge in [-0.15, -0.1) is 0 Å². The molecule has 0 aliphatic heterocycles. The van der Waals surface area contributed by atoms with Crippen LogP contribution in [-0.2, 0) is 0 Å². The fourth-order valence-corrected chi connectivity index (χ4v) is 8.42. The third kappa shape index (κ3) is 36.1. The first-order valence-corrected chi connectivity index (χ1v) is 22.0. The molecule has 0 aromatic rings. The summed E-state index contributed by atoms with van der Waals surface area (Å²) >= 11 is 3.83. The van der Waals surface area contributed by atoms with Crippen LogP contribution in [0.15, 0.2) is 0 Å². The first-order valence-electron chi connectivity index (χ1n) is 20.1. The zero-order valence-corrected chi connectivity index (χ0v) is 34.7. The zero-order chi connectivity index (χ0) is 35.0. The molecule has 0 amide bonds. The summed E-state index contributed by atoms with van der Waals surface area (Å²) in [5.41, 5.74) is 1.42. The van der Waals surface area contributed by atoms with E-state index in [1.807, 2.05) is 23.9 Å². The van der Waals surface area contributed by atoms with Crippen LogP contribution in [-0.4, -0.2) is 77.0 Å². The van der Waals surface area contributed by atoms with E-state index in [4.69, 9.17) is 0 Å². The first kappa shape index (κ1) is 47.5. The predicted molar refractivity (Wildman–Crippen MR) is 219 cm³/mol. The molecule has 0 fully saturated rings. The third-order valence-electron chi connectivity index (χ3n) is 9.16. The first-order chi connectivity index (χ1) is 22.5. The second-order valence-electron chi connectivity index (χ2n) is 16.3. The van der Waals surface area contributed by atoms with Gasteiger partial charge < -0.3 is 21.3 Å². The second-order valence-corrected chi connectivity index (χ2v) is 18.3. The van der Waals surface area contributed by atoms with Crippen LogP contribution in [0.4, 0.5) is 0 Å². The van der Waals surface area contributed by atoms with Crippen LogP contribution in [0.1, 0.15) is 158 Å². The van der Waals surface area contributed by atoms with E-state index in [0.717, 1.165) is 65.4 Å². The van der Waals surface area contributed by atoms with E-state index in [0.29, 0.717) is 16.2 Å². The molecule has 0 bridgehead atoms. The molecule has 0 heterocycles. The highest BCUT2D eigenvalue weighted by molar-refractivity contribution is 7.97. The number of hydrogen-bond donors (Lipinski definition) is 6. The molecule has 6 N–H and O–H groups in total. The SMILES string of the molecule is CCCCCC(C)(C)CC(C)(C)CCCSNCCCNCCCNCCCCNCCCNCCCNSCCC(C)(C)CCC. The van der Waals surface area contributed by atoms with E-state index in [2.05, 4.69) is 86.1 Å². The van der Waals surface area contributed by atoms with Crippen molar-refractivity contribution in [2.24, 2.45) is 16.2 Å². The highest BCUT2D eigenvalue weighted by Crippen LogP contribution is 2.40. The van der Waals surface area contributed by atoms with Gasteiger partial charge in [-0.05, 0) is 146 Å². The zero-order valence-electron chi connectivity index (χ0n) is 33.1. The smallest absolute Gasteiger partial charge is 0.00837 e. The minimum atomic E-state index is 0.451. The molecular formula is C39H86N6S2. The summed E-state index contributed by atoms with van der Waals surface area (Å²) in [5.74, 6) is 2.44. The highest BCUT2D eigenvalue weighted by Gasteiger charge is 2.28. The Morgan fingerprint density at radius 1 is 0.362 bits per heavy atom. The van der Waals surface area contributed by atoms with Gasteiger partial charge in [-0.1, -0.05) is 105 Å². The van der Waals surface area contributed by atoms with Gasteiger partial charge in [-0.3, -0.25) is 9.44 Å². The molecule has 0 unspecified atom stereocenters. The summed E-state index contributed by atoms with van der Waals surface area (Å²) in [7, 11) is 0. The largest absolute Gasteiger partial charge is 0.317 e. The lowest BCUT2D eigenvalue weighted by atomic mass is 9.71. The van der Waals surface area contributed by atoms with Crippen LogP contribution in [0.2, 0.25) is 0 Å². The van der Waals surface area contributed by atoms with Crippen molar-refractivity contribution in [3.8, 4) is 0 Å². The molecule has 47 heavy (non-hydrogen) atoms. The molecule has 0 aliphatic carbocycles. The molecule has 0 rings (SSSR count). The molecule has 8 heteroatoms. The Balaban J connectivity index is 3.28. The van der Waals surface area contributed by atoms with Crippen LogP contribution in [0.25, 0.3) is 0 Å². The van der Waals surface area contributed by atoms with Crippen molar-refractivity contribution in [2.75, 3.05) is 77.0 Å². The van der Waals surface area contributed by atoms with Crippen molar-refractivity contribution in [3.05, 3.63) is 0 Å². The van der Waals surface area contributed by atoms with E-state index in [9.17, 15) is 0 Å². The molecule has 0 saturated carbocycles. The van der Waals surface area contributed by atoms with Gasteiger partial charge in [0.1, 0.15) is 0 Å². The molecule has 6 nitrogen and oxygen atoms in total. The summed E-state index contributed by atoms with van der Waals surface area (Å²) in [6.45, 7) is 30.5. The molecule has 0 aromatic carbocycles. The van der Waals surface area contributed by atoms with Gasteiger partial charge in [0, 0.05) is 24.6 Å². The second kappa shape index (κ2) is 32.4. The topological polar surface area (TPSA) is 72.2 Å². The number of unbranched alkanes of at least 4 members (excludes halogenated alkanes) is 3. The van der Waals surface area contributed by atoms with Gasteiger partial charge in [-0.25, -0.2) is 0 Å². The highest BCUT2D eigenvalue weighted by atomic mass is 32.2. The van der Waals surface area contributed by atoms with Crippen molar-refractivity contribution in [2.45, 2.75) is 158 Å². The van der Waals surface area contributed by atoms with Gasteiger partial charge in [0.15, 0.2) is 0 Å². The van der Waals surface area contributed by atoms with E-state index in [1.54, 1.807) is 0 Å². The molecule has 0 saturated heterocycles.